The third-order valence-electron chi connectivity index (χ3n) is 2.06. The highest BCUT2D eigenvalue weighted by Crippen LogP contribution is 2.38. The SMILES string of the molecule is Cc1cc(Br)cc([N+](=O)[O-])c1Oc1nc(Cl)cs1. The van der Waals surface area contributed by atoms with Crippen LogP contribution in [-0.4, -0.2) is 9.91 Å². The number of hydrogen-bond acceptors (Lipinski definition) is 5. The van der Waals surface area contributed by atoms with Crippen molar-refractivity contribution in [2.24, 2.45) is 0 Å². The lowest BCUT2D eigenvalue weighted by molar-refractivity contribution is -0.385. The second-order valence-electron chi connectivity index (χ2n) is 3.37. The Labute approximate surface area is 120 Å². The van der Waals surface area contributed by atoms with E-state index in [1.54, 1.807) is 18.4 Å². The number of thiazole rings is 1. The molecule has 1 aromatic carbocycles. The molecule has 0 saturated carbocycles. The molecule has 0 unspecified atom stereocenters. The molecule has 0 fully saturated rings. The molecule has 0 bridgehead atoms. The third-order valence-corrected chi connectivity index (χ3v) is 3.56. The minimum absolute atomic E-state index is 0.117. The number of ether oxygens (including phenoxy) is 1. The molecule has 0 radical (unpaired) electrons. The Balaban J connectivity index is 2.46. The fourth-order valence-electron chi connectivity index (χ4n) is 1.35. The molecule has 18 heavy (non-hydrogen) atoms. The number of benzene rings is 1. The molecule has 0 N–H and O–H groups in total. The van der Waals surface area contributed by atoms with E-state index in [0.717, 1.165) is 0 Å². The molecule has 0 atom stereocenters. The summed E-state index contributed by atoms with van der Waals surface area (Å²) in [5.41, 5.74) is 0.524. The standard InChI is InChI=1S/C10H6BrClN2O3S/c1-5-2-6(11)3-7(14(15)16)9(5)17-10-13-8(12)4-18-10/h2-4H,1H3. The zero-order valence-corrected chi connectivity index (χ0v) is 12.2. The van der Waals surface area contributed by atoms with Gasteiger partial charge in [-0.3, -0.25) is 10.1 Å². The van der Waals surface area contributed by atoms with E-state index in [2.05, 4.69) is 20.9 Å². The summed E-state index contributed by atoms with van der Waals surface area (Å²) in [4.78, 5) is 14.4. The maximum absolute atomic E-state index is 11.0. The van der Waals surface area contributed by atoms with Gasteiger partial charge in [0.2, 0.25) is 5.75 Å². The van der Waals surface area contributed by atoms with Gasteiger partial charge in [0.15, 0.2) is 0 Å². The molecular weight excluding hydrogens is 344 g/mol. The van der Waals surface area contributed by atoms with Gasteiger partial charge in [-0.25, -0.2) is 0 Å². The molecule has 2 rings (SSSR count). The first-order valence-electron chi connectivity index (χ1n) is 4.71. The maximum atomic E-state index is 11.0. The summed E-state index contributed by atoms with van der Waals surface area (Å²) < 4.78 is 6.06. The second kappa shape index (κ2) is 5.21. The molecule has 0 saturated heterocycles. The molecular formula is C10H6BrClN2O3S. The molecule has 8 heteroatoms. The quantitative estimate of drug-likeness (QED) is 0.601. The van der Waals surface area contributed by atoms with Crippen LogP contribution < -0.4 is 4.74 Å². The van der Waals surface area contributed by atoms with Crippen molar-refractivity contribution in [3.63, 3.8) is 0 Å². The molecule has 0 aliphatic rings. The first kappa shape index (κ1) is 13.3. The first-order chi connectivity index (χ1) is 8.47. The molecule has 1 heterocycles. The molecule has 5 nitrogen and oxygen atoms in total. The van der Waals surface area contributed by atoms with Crippen LogP contribution in [0.15, 0.2) is 22.0 Å². The Morgan fingerprint density at radius 3 is 2.83 bits per heavy atom. The van der Waals surface area contributed by atoms with E-state index in [4.69, 9.17) is 16.3 Å². The van der Waals surface area contributed by atoms with E-state index >= 15 is 0 Å². The normalized spacial score (nSPS) is 10.4. The van der Waals surface area contributed by atoms with Crippen LogP contribution in [0.2, 0.25) is 5.15 Å². The average Bonchev–Trinajstić information content (AvgIpc) is 2.67. The lowest BCUT2D eigenvalue weighted by Gasteiger charge is -2.06. The van der Waals surface area contributed by atoms with Crippen LogP contribution in [-0.2, 0) is 0 Å². The Bertz CT molecular complexity index is 617. The van der Waals surface area contributed by atoms with E-state index in [0.29, 0.717) is 15.2 Å². The summed E-state index contributed by atoms with van der Waals surface area (Å²) in [5.74, 6) is 0.175. The molecule has 0 aliphatic carbocycles. The predicted octanol–water partition coefficient (Wildman–Crippen LogP) is 4.57. The summed E-state index contributed by atoms with van der Waals surface area (Å²) in [6.45, 7) is 1.72. The largest absolute Gasteiger partial charge is 0.423 e. The number of nitro benzene ring substituents is 1. The lowest BCUT2D eigenvalue weighted by atomic mass is 10.2. The van der Waals surface area contributed by atoms with Crippen molar-refractivity contribution in [1.82, 2.24) is 4.98 Å². The van der Waals surface area contributed by atoms with Gasteiger partial charge in [-0.1, -0.05) is 38.9 Å². The zero-order valence-electron chi connectivity index (χ0n) is 9.02. The second-order valence-corrected chi connectivity index (χ2v) is 5.49. The Hall–Kier alpha value is -1.18. The zero-order chi connectivity index (χ0) is 13.3. The van der Waals surface area contributed by atoms with Gasteiger partial charge in [-0.15, -0.1) is 0 Å². The number of aryl methyl sites for hydroxylation is 1. The summed E-state index contributed by atoms with van der Waals surface area (Å²) >= 11 is 10.1. The lowest BCUT2D eigenvalue weighted by Crippen LogP contribution is -1.96. The summed E-state index contributed by atoms with van der Waals surface area (Å²) in [6.07, 6.45) is 0. The van der Waals surface area contributed by atoms with Crippen LogP contribution in [0.4, 0.5) is 5.69 Å². The van der Waals surface area contributed by atoms with Crippen LogP contribution in [0.1, 0.15) is 5.56 Å². The molecule has 0 aliphatic heterocycles. The minimum Gasteiger partial charge on any atom is -0.423 e. The van der Waals surface area contributed by atoms with Crippen LogP contribution in [0.25, 0.3) is 0 Å². The summed E-state index contributed by atoms with van der Waals surface area (Å²) in [7, 11) is 0. The molecule has 2 aromatic rings. The van der Waals surface area contributed by atoms with Crippen LogP contribution in [0, 0.1) is 17.0 Å². The number of hydrogen-bond donors (Lipinski definition) is 0. The fourth-order valence-corrected chi connectivity index (χ4v) is 2.71. The summed E-state index contributed by atoms with van der Waals surface area (Å²) in [5, 5.41) is 13.1. The van der Waals surface area contributed by atoms with Crippen molar-refractivity contribution in [2.45, 2.75) is 6.92 Å². The third kappa shape index (κ3) is 2.80. The molecule has 0 amide bonds. The van der Waals surface area contributed by atoms with Crippen LogP contribution >= 0.6 is 38.9 Å². The van der Waals surface area contributed by atoms with Crippen molar-refractivity contribution in [2.75, 3.05) is 0 Å². The highest BCUT2D eigenvalue weighted by Gasteiger charge is 2.20. The molecule has 1 aromatic heterocycles. The Kier molecular flexibility index (Phi) is 3.84. The number of aromatic nitrogens is 1. The van der Waals surface area contributed by atoms with Crippen LogP contribution in [0.5, 0.6) is 10.9 Å². The van der Waals surface area contributed by atoms with Gasteiger partial charge < -0.3 is 4.74 Å². The highest BCUT2D eigenvalue weighted by molar-refractivity contribution is 9.10. The number of nitrogens with zero attached hydrogens (tertiary/aromatic N) is 2. The van der Waals surface area contributed by atoms with Gasteiger partial charge in [0, 0.05) is 21.5 Å². The summed E-state index contributed by atoms with van der Waals surface area (Å²) in [6, 6.07) is 3.12. The van der Waals surface area contributed by atoms with Crippen LogP contribution in [0.3, 0.4) is 0 Å². The van der Waals surface area contributed by atoms with Crippen molar-refractivity contribution < 1.29 is 9.66 Å². The van der Waals surface area contributed by atoms with Gasteiger partial charge in [-0.2, -0.15) is 4.98 Å². The molecule has 94 valence electrons. The van der Waals surface area contributed by atoms with E-state index < -0.39 is 4.92 Å². The van der Waals surface area contributed by atoms with Gasteiger partial charge in [0.25, 0.3) is 5.19 Å². The van der Waals surface area contributed by atoms with E-state index in [1.807, 2.05) is 0 Å². The smallest absolute Gasteiger partial charge is 0.313 e. The van der Waals surface area contributed by atoms with Crippen molar-refractivity contribution in [1.29, 1.82) is 0 Å². The van der Waals surface area contributed by atoms with Gasteiger partial charge >= 0.3 is 5.69 Å². The number of nitro groups is 1. The minimum atomic E-state index is -0.498. The Morgan fingerprint density at radius 2 is 2.28 bits per heavy atom. The topological polar surface area (TPSA) is 65.3 Å². The highest BCUT2D eigenvalue weighted by atomic mass is 79.9. The molecule has 0 spiro atoms. The van der Waals surface area contributed by atoms with E-state index in [-0.39, 0.29) is 16.6 Å². The number of rotatable bonds is 3. The van der Waals surface area contributed by atoms with Crippen molar-refractivity contribution >= 4 is 44.6 Å². The average molecular weight is 350 g/mol. The van der Waals surface area contributed by atoms with E-state index in [9.17, 15) is 10.1 Å². The fraction of sp³-hybridized carbons (Fsp3) is 0.100. The van der Waals surface area contributed by atoms with Crippen molar-refractivity contribution in [3.05, 3.63) is 42.8 Å². The monoisotopic (exact) mass is 348 g/mol. The first-order valence-corrected chi connectivity index (χ1v) is 6.76. The van der Waals surface area contributed by atoms with Gasteiger partial charge in [0.1, 0.15) is 5.15 Å². The Morgan fingerprint density at radius 1 is 1.56 bits per heavy atom. The predicted molar refractivity (Wildman–Crippen MR) is 72.7 cm³/mol. The maximum Gasteiger partial charge on any atom is 0.313 e. The van der Waals surface area contributed by atoms with E-state index in [1.165, 1.54) is 17.4 Å². The number of halogens is 2. The van der Waals surface area contributed by atoms with Gasteiger partial charge in [0.05, 0.1) is 4.92 Å². The van der Waals surface area contributed by atoms with Gasteiger partial charge in [-0.05, 0) is 13.0 Å². The van der Waals surface area contributed by atoms with Crippen molar-refractivity contribution in [3.8, 4) is 10.9 Å².